The van der Waals surface area contributed by atoms with Crippen LogP contribution in [0.25, 0.3) is 23.5 Å². The van der Waals surface area contributed by atoms with E-state index in [4.69, 9.17) is 14.0 Å². The average molecular weight is 391 g/mol. The molecule has 4 rings (SSSR count). The van der Waals surface area contributed by atoms with Gasteiger partial charge < -0.3 is 18.9 Å². The molecule has 1 aliphatic rings. The van der Waals surface area contributed by atoms with Crippen LogP contribution in [-0.2, 0) is 0 Å². The molecule has 2 aromatic carbocycles. The maximum atomic E-state index is 5.37. The first-order valence-corrected chi connectivity index (χ1v) is 9.86. The largest absolute Gasteiger partial charge is 0.493 e. The zero-order valence-corrected chi connectivity index (χ0v) is 16.8. The first-order valence-electron chi connectivity index (χ1n) is 9.86. The van der Waals surface area contributed by atoms with Crippen LogP contribution in [0, 0.1) is 0 Å². The highest BCUT2D eigenvalue weighted by atomic mass is 16.5. The fourth-order valence-corrected chi connectivity index (χ4v) is 3.52. The predicted octanol–water partition coefficient (Wildman–Crippen LogP) is 4.91. The Kier molecular flexibility index (Phi) is 5.79. The molecule has 1 fully saturated rings. The number of aromatic nitrogens is 2. The van der Waals surface area contributed by atoms with Gasteiger partial charge in [-0.05, 0) is 67.3 Å². The van der Waals surface area contributed by atoms with Crippen molar-refractivity contribution in [3.05, 3.63) is 53.9 Å². The van der Waals surface area contributed by atoms with Gasteiger partial charge in [-0.1, -0.05) is 11.2 Å². The molecule has 1 saturated heterocycles. The molecule has 3 aromatic rings. The number of nitrogens with zero attached hydrogens (tertiary/aromatic N) is 3. The number of benzene rings is 2. The van der Waals surface area contributed by atoms with Crippen LogP contribution in [0.3, 0.4) is 0 Å². The predicted molar refractivity (Wildman–Crippen MR) is 114 cm³/mol. The summed E-state index contributed by atoms with van der Waals surface area (Å²) in [6.07, 6.45) is 7.56. The van der Waals surface area contributed by atoms with Gasteiger partial charge >= 0.3 is 0 Å². The molecule has 0 bridgehead atoms. The molecule has 29 heavy (non-hydrogen) atoms. The number of rotatable bonds is 6. The molecule has 6 heteroatoms. The number of hydrogen-bond acceptors (Lipinski definition) is 6. The van der Waals surface area contributed by atoms with Crippen LogP contribution in [-0.4, -0.2) is 37.4 Å². The van der Waals surface area contributed by atoms with E-state index in [1.165, 1.54) is 24.9 Å². The van der Waals surface area contributed by atoms with Crippen molar-refractivity contribution in [2.24, 2.45) is 0 Å². The van der Waals surface area contributed by atoms with E-state index >= 15 is 0 Å². The lowest BCUT2D eigenvalue weighted by Crippen LogP contribution is -2.29. The summed E-state index contributed by atoms with van der Waals surface area (Å²) in [6, 6.07) is 14.1. The molecule has 0 aliphatic carbocycles. The Morgan fingerprint density at radius 2 is 1.66 bits per heavy atom. The lowest BCUT2D eigenvalue weighted by molar-refractivity contribution is 0.355. The third-order valence-electron chi connectivity index (χ3n) is 5.11. The minimum absolute atomic E-state index is 0.454. The van der Waals surface area contributed by atoms with E-state index in [1.54, 1.807) is 20.3 Å². The Hall–Kier alpha value is -3.28. The highest BCUT2D eigenvalue weighted by molar-refractivity contribution is 5.69. The molecule has 0 amide bonds. The second-order valence-electron chi connectivity index (χ2n) is 7.00. The van der Waals surface area contributed by atoms with Crippen molar-refractivity contribution in [2.45, 2.75) is 19.3 Å². The van der Waals surface area contributed by atoms with Gasteiger partial charge in [0.05, 0.1) is 14.2 Å². The Labute approximate surface area is 170 Å². The van der Waals surface area contributed by atoms with Gasteiger partial charge in [-0.25, -0.2) is 0 Å². The Bertz CT molecular complexity index is 973. The molecule has 1 aromatic heterocycles. The summed E-state index contributed by atoms with van der Waals surface area (Å²) in [4.78, 5) is 6.91. The van der Waals surface area contributed by atoms with E-state index in [1.807, 2.05) is 24.3 Å². The van der Waals surface area contributed by atoms with Crippen molar-refractivity contribution in [1.29, 1.82) is 0 Å². The van der Waals surface area contributed by atoms with Gasteiger partial charge in [-0.15, -0.1) is 0 Å². The van der Waals surface area contributed by atoms with Gasteiger partial charge in [0.2, 0.25) is 5.82 Å². The molecule has 0 radical (unpaired) electrons. The number of piperidine rings is 1. The number of anilines is 1. The van der Waals surface area contributed by atoms with Crippen LogP contribution in [0.2, 0.25) is 0 Å². The van der Waals surface area contributed by atoms with E-state index < -0.39 is 0 Å². The molecule has 0 atom stereocenters. The summed E-state index contributed by atoms with van der Waals surface area (Å²) in [5.74, 6) is 2.41. The average Bonchev–Trinajstić information content (AvgIpc) is 3.27. The van der Waals surface area contributed by atoms with Crippen molar-refractivity contribution in [3.8, 4) is 22.9 Å². The molecule has 0 N–H and O–H groups in total. The van der Waals surface area contributed by atoms with E-state index in [-0.39, 0.29) is 0 Å². The molecule has 6 nitrogen and oxygen atoms in total. The Balaban J connectivity index is 1.46. The van der Waals surface area contributed by atoms with Crippen LogP contribution in [0.4, 0.5) is 5.69 Å². The minimum atomic E-state index is 0.454. The zero-order valence-electron chi connectivity index (χ0n) is 16.8. The second kappa shape index (κ2) is 8.82. The highest BCUT2D eigenvalue weighted by Gasteiger charge is 2.12. The van der Waals surface area contributed by atoms with E-state index in [0.717, 1.165) is 24.2 Å². The molecule has 150 valence electrons. The first-order chi connectivity index (χ1) is 14.3. The Morgan fingerprint density at radius 3 is 2.38 bits per heavy atom. The minimum Gasteiger partial charge on any atom is -0.493 e. The molecule has 2 heterocycles. The summed E-state index contributed by atoms with van der Waals surface area (Å²) < 4.78 is 16.0. The van der Waals surface area contributed by atoms with Crippen LogP contribution >= 0.6 is 0 Å². The normalized spacial score (nSPS) is 14.3. The maximum Gasteiger partial charge on any atom is 0.250 e. The third kappa shape index (κ3) is 4.42. The van der Waals surface area contributed by atoms with Crippen molar-refractivity contribution in [2.75, 3.05) is 32.2 Å². The monoisotopic (exact) mass is 391 g/mol. The quantitative estimate of drug-likeness (QED) is 0.595. The summed E-state index contributed by atoms with van der Waals surface area (Å²) >= 11 is 0. The summed E-state index contributed by atoms with van der Waals surface area (Å²) in [7, 11) is 3.23. The standard InChI is InChI=1S/C23H25N3O3/c1-27-20-12-6-17(16-21(20)28-2)7-13-22-24-23(25-29-22)18-8-10-19(11-9-18)26-14-4-3-5-15-26/h6-13,16H,3-5,14-15H2,1-2H3. The fraction of sp³-hybridized carbons (Fsp3) is 0.304. The SMILES string of the molecule is COc1ccc(C=Cc2nc(-c3ccc(N4CCCCC4)cc3)no2)cc1OC. The number of methoxy groups -OCH3 is 2. The molecule has 1 aliphatic heterocycles. The summed E-state index contributed by atoms with van der Waals surface area (Å²) in [5, 5.41) is 4.11. The van der Waals surface area contributed by atoms with Crippen LogP contribution in [0.5, 0.6) is 11.5 Å². The first kappa shape index (κ1) is 19.1. The highest BCUT2D eigenvalue weighted by Crippen LogP contribution is 2.28. The van der Waals surface area contributed by atoms with Crippen LogP contribution in [0.1, 0.15) is 30.7 Å². The van der Waals surface area contributed by atoms with Crippen molar-refractivity contribution in [3.63, 3.8) is 0 Å². The summed E-state index contributed by atoms with van der Waals surface area (Å²) in [5.41, 5.74) is 3.15. The fourth-order valence-electron chi connectivity index (χ4n) is 3.52. The van der Waals surface area contributed by atoms with Crippen LogP contribution < -0.4 is 14.4 Å². The molecular weight excluding hydrogens is 366 g/mol. The van der Waals surface area contributed by atoms with Gasteiger partial charge in [0.1, 0.15) is 0 Å². The number of hydrogen-bond donors (Lipinski definition) is 0. The van der Waals surface area contributed by atoms with Gasteiger partial charge in [-0.2, -0.15) is 4.98 Å². The topological polar surface area (TPSA) is 60.6 Å². The number of ether oxygens (including phenoxy) is 2. The third-order valence-corrected chi connectivity index (χ3v) is 5.11. The van der Waals surface area contributed by atoms with E-state index in [9.17, 15) is 0 Å². The van der Waals surface area contributed by atoms with Gasteiger partial charge in [0, 0.05) is 30.4 Å². The van der Waals surface area contributed by atoms with Gasteiger partial charge in [0.25, 0.3) is 5.89 Å². The van der Waals surface area contributed by atoms with Crippen molar-refractivity contribution >= 4 is 17.8 Å². The second-order valence-corrected chi connectivity index (χ2v) is 7.00. The van der Waals surface area contributed by atoms with Gasteiger partial charge in [0.15, 0.2) is 11.5 Å². The molecule has 0 unspecified atom stereocenters. The van der Waals surface area contributed by atoms with Crippen molar-refractivity contribution in [1.82, 2.24) is 10.1 Å². The maximum absolute atomic E-state index is 5.37. The van der Waals surface area contributed by atoms with Crippen LogP contribution in [0.15, 0.2) is 47.0 Å². The lowest BCUT2D eigenvalue weighted by atomic mass is 10.1. The van der Waals surface area contributed by atoms with Crippen molar-refractivity contribution < 1.29 is 14.0 Å². The molecular formula is C23H25N3O3. The summed E-state index contributed by atoms with van der Waals surface area (Å²) in [6.45, 7) is 2.26. The van der Waals surface area contributed by atoms with E-state index in [2.05, 4.69) is 39.3 Å². The van der Waals surface area contributed by atoms with E-state index in [0.29, 0.717) is 23.2 Å². The zero-order chi connectivity index (χ0) is 20.1. The smallest absolute Gasteiger partial charge is 0.250 e. The lowest BCUT2D eigenvalue weighted by Gasteiger charge is -2.28. The molecule has 0 saturated carbocycles. The van der Waals surface area contributed by atoms with Gasteiger partial charge in [-0.3, -0.25) is 0 Å². The Morgan fingerprint density at radius 1 is 0.897 bits per heavy atom. The molecule has 0 spiro atoms.